The first-order valence-electron chi connectivity index (χ1n) is 6.18. The summed E-state index contributed by atoms with van der Waals surface area (Å²) in [6, 6.07) is 8.27. The average molecular weight is 312 g/mol. The van der Waals surface area contributed by atoms with Crippen LogP contribution in [0, 0.1) is 5.41 Å². The molecule has 1 aliphatic carbocycles. The fourth-order valence-corrected chi connectivity index (χ4v) is 2.42. The van der Waals surface area contributed by atoms with Gasteiger partial charge in [-0.1, -0.05) is 28.1 Å². The minimum atomic E-state index is -0.641. The van der Waals surface area contributed by atoms with E-state index < -0.39 is 11.4 Å². The Morgan fingerprint density at radius 1 is 1.39 bits per heavy atom. The number of nitrogens with zero attached hydrogens (tertiary/aromatic N) is 1. The molecule has 1 aromatic rings. The van der Waals surface area contributed by atoms with Crippen molar-refractivity contribution in [1.29, 1.82) is 0 Å². The van der Waals surface area contributed by atoms with Crippen LogP contribution in [0.4, 0.5) is 0 Å². The highest BCUT2D eigenvalue weighted by molar-refractivity contribution is 9.10. The lowest BCUT2D eigenvalue weighted by atomic mass is 10.1. The molecule has 3 nitrogen and oxygen atoms in total. The van der Waals surface area contributed by atoms with Gasteiger partial charge in [0.1, 0.15) is 0 Å². The van der Waals surface area contributed by atoms with Gasteiger partial charge in [-0.05, 0) is 44.0 Å². The summed E-state index contributed by atoms with van der Waals surface area (Å²) in [6.45, 7) is 1.57. The van der Waals surface area contributed by atoms with Crippen LogP contribution in [0.1, 0.15) is 18.4 Å². The predicted octanol–water partition coefficient (Wildman–Crippen LogP) is 2.79. The molecule has 1 N–H and O–H groups in total. The summed E-state index contributed by atoms with van der Waals surface area (Å²) in [5.41, 5.74) is 0.833. The standard InChI is InChI=1S/C14H18BrNO2/c1-16(10-14(7-8-14)13(17)18)9-6-11-2-4-12(15)5-3-11/h2-5H,6-10H2,1H3,(H,17,18). The van der Waals surface area contributed by atoms with E-state index in [0.29, 0.717) is 6.54 Å². The van der Waals surface area contributed by atoms with Gasteiger partial charge in [0.25, 0.3) is 0 Å². The molecule has 0 heterocycles. The molecule has 0 aromatic heterocycles. The maximum absolute atomic E-state index is 11.1. The quantitative estimate of drug-likeness (QED) is 0.878. The average Bonchev–Trinajstić information content (AvgIpc) is 3.09. The lowest BCUT2D eigenvalue weighted by Gasteiger charge is -2.20. The number of carboxylic acids is 1. The van der Waals surface area contributed by atoms with Gasteiger partial charge >= 0.3 is 5.97 Å². The van der Waals surface area contributed by atoms with Crippen LogP contribution in [0.2, 0.25) is 0 Å². The van der Waals surface area contributed by atoms with Crippen LogP contribution >= 0.6 is 15.9 Å². The number of hydrogen-bond acceptors (Lipinski definition) is 2. The summed E-state index contributed by atoms with van der Waals surface area (Å²) in [6.07, 6.45) is 2.61. The lowest BCUT2D eigenvalue weighted by molar-refractivity contribution is -0.144. The Balaban J connectivity index is 1.80. The van der Waals surface area contributed by atoms with Gasteiger partial charge in [-0.3, -0.25) is 4.79 Å². The van der Waals surface area contributed by atoms with Gasteiger partial charge in [0.2, 0.25) is 0 Å². The molecule has 4 heteroatoms. The Kier molecular flexibility index (Phi) is 4.07. The van der Waals surface area contributed by atoms with E-state index in [-0.39, 0.29) is 0 Å². The molecule has 0 unspecified atom stereocenters. The first-order valence-corrected chi connectivity index (χ1v) is 6.97. The molecule has 0 radical (unpaired) electrons. The van der Waals surface area contributed by atoms with Gasteiger partial charge in [0.15, 0.2) is 0 Å². The number of aliphatic carboxylic acids is 1. The third-order valence-corrected chi connectivity index (χ3v) is 4.10. The van der Waals surface area contributed by atoms with Crippen LogP contribution in [0.15, 0.2) is 28.7 Å². The first-order chi connectivity index (χ1) is 8.52. The molecule has 0 bridgehead atoms. The van der Waals surface area contributed by atoms with E-state index in [9.17, 15) is 4.79 Å². The van der Waals surface area contributed by atoms with E-state index in [1.54, 1.807) is 0 Å². The molecule has 1 aromatic carbocycles. The highest BCUT2D eigenvalue weighted by Gasteiger charge is 2.50. The molecule has 0 atom stereocenters. The third-order valence-electron chi connectivity index (χ3n) is 3.58. The molecule has 0 spiro atoms. The molecule has 98 valence electrons. The van der Waals surface area contributed by atoms with E-state index in [0.717, 1.165) is 30.3 Å². The Labute approximate surface area is 116 Å². The molecule has 1 aliphatic rings. The van der Waals surface area contributed by atoms with Crippen molar-refractivity contribution in [3.8, 4) is 0 Å². The summed E-state index contributed by atoms with van der Waals surface area (Å²) in [7, 11) is 2.00. The zero-order chi connectivity index (χ0) is 13.2. The van der Waals surface area contributed by atoms with Crippen molar-refractivity contribution in [2.75, 3.05) is 20.1 Å². The van der Waals surface area contributed by atoms with Crippen molar-refractivity contribution in [1.82, 2.24) is 4.90 Å². The molecule has 18 heavy (non-hydrogen) atoms. The molecule has 0 aliphatic heterocycles. The Hall–Kier alpha value is -0.870. The highest BCUT2D eigenvalue weighted by atomic mass is 79.9. The monoisotopic (exact) mass is 311 g/mol. The van der Waals surface area contributed by atoms with Crippen LogP contribution in [0.3, 0.4) is 0 Å². The fourth-order valence-electron chi connectivity index (χ4n) is 2.16. The van der Waals surface area contributed by atoms with Crippen molar-refractivity contribution in [3.63, 3.8) is 0 Å². The van der Waals surface area contributed by atoms with E-state index in [4.69, 9.17) is 5.11 Å². The van der Waals surface area contributed by atoms with Gasteiger partial charge in [-0.2, -0.15) is 0 Å². The number of halogens is 1. The van der Waals surface area contributed by atoms with E-state index in [1.807, 2.05) is 19.2 Å². The summed E-state index contributed by atoms with van der Waals surface area (Å²) < 4.78 is 1.09. The first kappa shape index (κ1) is 13.6. The van der Waals surface area contributed by atoms with Crippen LogP contribution in [0.25, 0.3) is 0 Å². The summed E-state index contributed by atoms with van der Waals surface area (Å²) >= 11 is 3.41. The summed E-state index contributed by atoms with van der Waals surface area (Å²) in [5, 5.41) is 9.14. The van der Waals surface area contributed by atoms with E-state index in [1.165, 1.54) is 5.56 Å². The van der Waals surface area contributed by atoms with Crippen molar-refractivity contribution >= 4 is 21.9 Å². The Bertz CT molecular complexity index is 426. The number of hydrogen-bond donors (Lipinski definition) is 1. The Morgan fingerprint density at radius 2 is 2.00 bits per heavy atom. The second-order valence-corrected chi connectivity index (χ2v) is 6.12. The number of likely N-dealkylation sites (N-methyl/N-ethyl adjacent to an activating group) is 1. The lowest BCUT2D eigenvalue weighted by Crippen LogP contribution is -2.33. The van der Waals surface area contributed by atoms with Crippen molar-refractivity contribution in [2.45, 2.75) is 19.3 Å². The molecule has 1 saturated carbocycles. The van der Waals surface area contributed by atoms with Gasteiger partial charge in [-0.25, -0.2) is 0 Å². The van der Waals surface area contributed by atoms with Crippen LogP contribution < -0.4 is 0 Å². The highest BCUT2D eigenvalue weighted by Crippen LogP contribution is 2.46. The topological polar surface area (TPSA) is 40.5 Å². The molecule has 2 rings (SSSR count). The number of carbonyl (C=O) groups is 1. The third kappa shape index (κ3) is 3.33. The van der Waals surface area contributed by atoms with Crippen LogP contribution in [0.5, 0.6) is 0 Å². The second kappa shape index (κ2) is 5.41. The predicted molar refractivity (Wildman–Crippen MR) is 74.6 cm³/mol. The van der Waals surface area contributed by atoms with Crippen molar-refractivity contribution < 1.29 is 9.90 Å². The maximum Gasteiger partial charge on any atom is 0.310 e. The molecule has 0 amide bonds. The van der Waals surface area contributed by atoms with Crippen LogP contribution in [-0.4, -0.2) is 36.1 Å². The maximum atomic E-state index is 11.1. The van der Waals surface area contributed by atoms with Crippen molar-refractivity contribution in [3.05, 3.63) is 34.3 Å². The normalized spacial score (nSPS) is 16.8. The minimum absolute atomic E-state index is 0.450. The molecule has 1 fully saturated rings. The number of rotatable bonds is 6. The van der Waals surface area contributed by atoms with Gasteiger partial charge < -0.3 is 10.0 Å². The van der Waals surface area contributed by atoms with Crippen molar-refractivity contribution in [2.24, 2.45) is 5.41 Å². The van der Waals surface area contributed by atoms with E-state index in [2.05, 4.69) is 33.0 Å². The zero-order valence-electron chi connectivity index (χ0n) is 10.5. The summed E-state index contributed by atoms with van der Waals surface area (Å²) in [4.78, 5) is 13.2. The van der Waals surface area contributed by atoms with Gasteiger partial charge in [0.05, 0.1) is 5.41 Å². The largest absolute Gasteiger partial charge is 0.481 e. The van der Waals surface area contributed by atoms with Gasteiger partial charge in [-0.15, -0.1) is 0 Å². The molecular formula is C14H18BrNO2. The minimum Gasteiger partial charge on any atom is -0.481 e. The fraction of sp³-hybridized carbons (Fsp3) is 0.500. The summed E-state index contributed by atoms with van der Waals surface area (Å²) in [5.74, 6) is -0.641. The van der Waals surface area contributed by atoms with E-state index >= 15 is 0 Å². The van der Waals surface area contributed by atoms with Crippen LogP contribution in [-0.2, 0) is 11.2 Å². The molecular weight excluding hydrogens is 294 g/mol. The SMILES string of the molecule is CN(CCc1ccc(Br)cc1)CC1(C(=O)O)CC1. The zero-order valence-corrected chi connectivity index (χ0v) is 12.1. The number of carboxylic acid groups (broad SMARTS) is 1. The smallest absolute Gasteiger partial charge is 0.310 e. The second-order valence-electron chi connectivity index (χ2n) is 5.20. The van der Waals surface area contributed by atoms with Gasteiger partial charge in [0, 0.05) is 17.6 Å². The Morgan fingerprint density at radius 3 is 2.50 bits per heavy atom. The molecule has 0 saturated heterocycles. The number of benzene rings is 1.